The summed E-state index contributed by atoms with van der Waals surface area (Å²) in [4.78, 5) is 0. The second-order valence-corrected chi connectivity index (χ2v) is 4.33. The summed E-state index contributed by atoms with van der Waals surface area (Å²) in [5, 5.41) is 12.8. The van der Waals surface area contributed by atoms with Crippen LogP contribution in [0.5, 0.6) is 0 Å². The first-order valence-electron chi connectivity index (χ1n) is 6.16. The number of ether oxygens (including phenoxy) is 1. The summed E-state index contributed by atoms with van der Waals surface area (Å²) in [5.41, 5.74) is 2.59. The van der Waals surface area contributed by atoms with Gasteiger partial charge in [-0.1, -0.05) is 31.2 Å². The number of hydrogen-bond donors (Lipinski definition) is 2. The van der Waals surface area contributed by atoms with Crippen LogP contribution in [-0.4, -0.2) is 31.5 Å². The van der Waals surface area contributed by atoms with Gasteiger partial charge in [0, 0.05) is 19.7 Å². The molecule has 3 nitrogen and oxygen atoms in total. The molecular formula is C14H23NO2. The highest BCUT2D eigenvalue weighted by Gasteiger charge is 2.08. The third-order valence-electron chi connectivity index (χ3n) is 2.91. The van der Waals surface area contributed by atoms with E-state index in [0.717, 1.165) is 6.42 Å². The van der Waals surface area contributed by atoms with Crippen molar-refractivity contribution in [1.29, 1.82) is 0 Å². The maximum Gasteiger partial charge on any atom is 0.0897 e. The first-order chi connectivity index (χ1) is 8.17. The van der Waals surface area contributed by atoms with E-state index in [9.17, 15) is 5.11 Å². The number of nitrogens with one attached hydrogen (secondary N) is 1. The molecule has 1 aromatic rings. The summed E-state index contributed by atoms with van der Waals surface area (Å²) in [5.74, 6) is 0. The molecule has 1 rings (SSSR count). The molecule has 0 spiro atoms. The fourth-order valence-corrected chi connectivity index (χ4v) is 1.72. The molecule has 0 amide bonds. The van der Waals surface area contributed by atoms with Crippen molar-refractivity contribution in [2.24, 2.45) is 0 Å². The summed E-state index contributed by atoms with van der Waals surface area (Å²) < 4.78 is 4.88. The van der Waals surface area contributed by atoms with Crippen LogP contribution >= 0.6 is 0 Å². The highest BCUT2D eigenvalue weighted by atomic mass is 16.5. The summed E-state index contributed by atoms with van der Waals surface area (Å²) in [7, 11) is 1.59. The molecule has 0 fully saturated rings. The van der Waals surface area contributed by atoms with Gasteiger partial charge < -0.3 is 15.2 Å². The average molecular weight is 237 g/mol. The molecule has 0 saturated carbocycles. The molecule has 0 saturated heterocycles. The van der Waals surface area contributed by atoms with Gasteiger partial charge in [0.15, 0.2) is 0 Å². The van der Waals surface area contributed by atoms with Gasteiger partial charge in [0.1, 0.15) is 0 Å². The molecule has 3 heteroatoms. The number of aliphatic hydroxyl groups is 1. The van der Waals surface area contributed by atoms with E-state index < -0.39 is 6.10 Å². The van der Waals surface area contributed by atoms with Gasteiger partial charge in [0.25, 0.3) is 0 Å². The lowest BCUT2D eigenvalue weighted by molar-refractivity contribution is 0.0630. The van der Waals surface area contributed by atoms with Crippen molar-refractivity contribution >= 4 is 0 Å². The summed E-state index contributed by atoms with van der Waals surface area (Å²) in [6.45, 7) is 5.16. The predicted octanol–water partition coefficient (Wildman–Crippen LogP) is 1.91. The Morgan fingerprint density at radius 2 is 1.94 bits per heavy atom. The van der Waals surface area contributed by atoms with Gasteiger partial charge in [-0.15, -0.1) is 0 Å². The van der Waals surface area contributed by atoms with Crippen LogP contribution < -0.4 is 5.32 Å². The fraction of sp³-hybridized carbons (Fsp3) is 0.571. The maximum atomic E-state index is 9.54. The predicted molar refractivity (Wildman–Crippen MR) is 70.1 cm³/mol. The minimum absolute atomic E-state index is 0.243. The molecule has 1 aromatic carbocycles. The molecule has 0 heterocycles. The van der Waals surface area contributed by atoms with Gasteiger partial charge in [-0.05, 0) is 24.5 Å². The first kappa shape index (κ1) is 14.2. The monoisotopic (exact) mass is 237 g/mol. The number of aryl methyl sites for hydroxylation is 1. The van der Waals surface area contributed by atoms with E-state index in [0.29, 0.717) is 13.2 Å². The molecular weight excluding hydrogens is 214 g/mol. The molecule has 2 atom stereocenters. The molecule has 2 N–H and O–H groups in total. The van der Waals surface area contributed by atoms with E-state index in [-0.39, 0.29) is 6.04 Å². The molecule has 96 valence electrons. The lowest BCUT2D eigenvalue weighted by Gasteiger charge is -2.17. The number of aliphatic hydroxyl groups excluding tert-OH is 1. The standard InChI is InChI=1S/C14H23NO2/c1-4-12-5-7-13(8-6-12)11(2)15-9-14(16)10-17-3/h5-8,11,14-16H,4,9-10H2,1-3H3. The first-order valence-corrected chi connectivity index (χ1v) is 6.16. The summed E-state index contributed by atoms with van der Waals surface area (Å²) in [6.07, 6.45) is 0.617. The fourth-order valence-electron chi connectivity index (χ4n) is 1.72. The lowest BCUT2D eigenvalue weighted by Crippen LogP contribution is -2.31. The number of methoxy groups -OCH3 is 1. The Bertz CT molecular complexity index is 311. The van der Waals surface area contributed by atoms with Gasteiger partial charge >= 0.3 is 0 Å². The lowest BCUT2D eigenvalue weighted by atomic mass is 10.0. The van der Waals surface area contributed by atoms with Crippen LogP contribution in [0.1, 0.15) is 31.0 Å². The van der Waals surface area contributed by atoms with Gasteiger partial charge in [0.2, 0.25) is 0 Å². The quantitative estimate of drug-likeness (QED) is 0.761. The van der Waals surface area contributed by atoms with Crippen LogP contribution in [0.4, 0.5) is 0 Å². The van der Waals surface area contributed by atoms with Crippen LogP contribution in [0.2, 0.25) is 0 Å². The Morgan fingerprint density at radius 1 is 1.29 bits per heavy atom. The van der Waals surface area contributed by atoms with E-state index in [1.807, 2.05) is 0 Å². The maximum absolute atomic E-state index is 9.54. The van der Waals surface area contributed by atoms with Gasteiger partial charge in [-0.3, -0.25) is 0 Å². The van der Waals surface area contributed by atoms with Crippen molar-refractivity contribution < 1.29 is 9.84 Å². The van der Waals surface area contributed by atoms with Crippen molar-refractivity contribution in [3.05, 3.63) is 35.4 Å². The Kier molecular flexibility index (Phi) is 6.19. The van der Waals surface area contributed by atoms with Crippen molar-refractivity contribution in [1.82, 2.24) is 5.32 Å². The van der Waals surface area contributed by atoms with Gasteiger partial charge in [0.05, 0.1) is 12.7 Å². The van der Waals surface area contributed by atoms with Crippen LogP contribution in [0.15, 0.2) is 24.3 Å². The third kappa shape index (κ3) is 4.86. The summed E-state index contributed by atoms with van der Waals surface area (Å²) in [6, 6.07) is 8.82. The van der Waals surface area contributed by atoms with E-state index in [2.05, 4.69) is 43.4 Å². The Labute approximate surface area is 104 Å². The second kappa shape index (κ2) is 7.43. The Hall–Kier alpha value is -0.900. The highest BCUT2D eigenvalue weighted by Crippen LogP contribution is 2.13. The Balaban J connectivity index is 2.43. The van der Waals surface area contributed by atoms with Crippen LogP contribution in [-0.2, 0) is 11.2 Å². The van der Waals surface area contributed by atoms with Crippen molar-refractivity contribution in [3.8, 4) is 0 Å². The normalized spacial score (nSPS) is 14.6. The van der Waals surface area contributed by atoms with E-state index >= 15 is 0 Å². The zero-order valence-electron chi connectivity index (χ0n) is 10.9. The zero-order valence-corrected chi connectivity index (χ0v) is 10.9. The van der Waals surface area contributed by atoms with Gasteiger partial charge in [-0.2, -0.15) is 0 Å². The second-order valence-electron chi connectivity index (χ2n) is 4.33. The molecule has 0 aliphatic rings. The van der Waals surface area contributed by atoms with Crippen LogP contribution in [0.25, 0.3) is 0 Å². The van der Waals surface area contributed by atoms with Crippen molar-refractivity contribution in [2.45, 2.75) is 32.4 Å². The minimum Gasteiger partial charge on any atom is -0.389 e. The van der Waals surface area contributed by atoms with Crippen LogP contribution in [0.3, 0.4) is 0 Å². The van der Waals surface area contributed by atoms with Gasteiger partial charge in [-0.25, -0.2) is 0 Å². The molecule has 0 aromatic heterocycles. The molecule has 0 aliphatic heterocycles. The molecule has 17 heavy (non-hydrogen) atoms. The number of rotatable bonds is 7. The minimum atomic E-state index is -0.447. The summed E-state index contributed by atoms with van der Waals surface area (Å²) >= 11 is 0. The smallest absolute Gasteiger partial charge is 0.0897 e. The number of benzene rings is 1. The SMILES string of the molecule is CCc1ccc(C(C)NCC(O)COC)cc1. The van der Waals surface area contributed by atoms with Crippen LogP contribution in [0, 0.1) is 0 Å². The van der Waals surface area contributed by atoms with E-state index in [4.69, 9.17) is 4.74 Å². The van der Waals surface area contributed by atoms with Crippen molar-refractivity contribution in [2.75, 3.05) is 20.3 Å². The molecule has 2 unspecified atom stereocenters. The third-order valence-corrected chi connectivity index (χ3v) is 2.91. The zero-order chi connectivity index (χ0) is 12.7. The van der Waals surface area contributed by atoms with E-state index in [1.165, 1.54) is 11.1 Å². The molecule has 0 bridgehead atoms. The largest absolute Gasteiger partial charge is 0.389 e. The molecule has 0 aliphatic carbocycles. The van der Waals surface area contributed by atoms with E-state index in [1.54, 1.807) is 7.11 Å². The average Bonchev–Trinajstić information content (AvgIpc) is 2.36. The number of hydrogen-bond acceptors (Lipinski definition) is 3. The topological polar surface area (TPSA) is 41.5 Å². The Morgan fingerprint density at radius 3 is 2.47 bits per heavy atom. The highest BCUT2D eigenvalue weighted by molar-refractivity contribution is 5.24. The molecule has 0 radical (unpaired) electrons. The van der Waals surface area contributed by atoms with Crippen molar-refractivity contribution in [3.63, 3.8) is 0 Å².